The van der Waals surface area contributed by atoms with E-state index in [2.05, 4.69) is 45.0 Å². The minimum absolute atomic E-state index is 0. The highest BCUT2D eigenvalue weighted by atomic mass is 35.5. The van der Waals surface area contributed by atoms with Crippen LogP contribution in [0, 0.1) is 13.8 Å². The molecule has 3 heteroatoms. The molecule has 0 bridgehead atoms. The summed E-state index contributed by atoms with van der Waals surface area (Å²) in [6.45, 7) is 7.04. The largest absolute Gasteiger partial charge is 0.488 e. The lowest BCUT2D eigenvalue weighted by atomic mass is 9.97. The van der Waals surface area contributed by atoms with Gasteiger partial charge in [0.2, 0.25) is 0 Å². The average molecular weight is 348 g/mol. The molecule has 0 heterocycles. The second-order valence-corrected chi connectivity index (χ2v) is 6.36. The van der Waals surface area contributed by atoms with Crippen molar-refractivity contribution in [3.63, 3.8) is 0 Å². The van der Waals surface area contributed by atoms with E-state index in [-0.39, 0.29) is 18.4 Å². The molecule has 0 fully saturated rings. The van der Waals surface area contributed by atoms with Crippen molar-refractivity contribution in [2.75, 3.05) is 0 Å². The average Bonchev–Trinajstić information content (AvgIpc) is 2.55. The van der Waals surface area contributed by atoms with Gasteiger partial charge in [0, 0.05) is 6.04 Å². The highest BCUT2D eigenvalue weighted by Crippen LogP contribution is 2.29. The van der Waals surface area contributed by atoms with Gasteiger partial charge in [0.25, 0.3) is 0 Å². The maximum atomic E-state index is 6.35. The summed E-state index contributed by atoms with van der Waals surface area (Å²) in [7, 11) is 0. The summed E-state index contributed by atoms with van der Waals surface area (Å²) in [6.07, 6.45) is 4.74. The number of aryl methyl sites for hydroxylation is 2. The van der Waals surface area contributed by atoms with E-state index in [9.17, 15) is 0 Å². The molecule has 2 aromatic rings. The Kier molecular flexibility index (Phi) is 8.88. The first-order chi connectivity index (χ1) is 11.1. The molecule has 24 heavy (non-hydrogen) atoms. The first-order valence-corrected chi connectivity index (χ1v) is 8.65. The number of benzene rings is 2. The van der Waals surface area contributed by atoms with E-state index >= 15 is 0 Å². The molecule has 0 saturated carbocycles. The van der Waals surface area contributed by atoms with Gasteiger partial charge in [-0.2, -0.15) is 0 Å². The molecule has 132 valence electrons. The molecule has 2 N–H and O–H groups in total. The minimum Gasteiger partial charge on any atom is -0.488 e. The molecule has 2 nitrogen and oxygen atoms in total. The van der Waals surface area contributed by atoms with Gasteiger partial charge in [-0.25, -0.2) is 0 Å². The maximum absolute atomic E-state index is 6.35. The highest BCUT2D eigenvalue weighted by molar-refractivity contribution is 5.85. The number of rotatable bonds is 8. The van der Waals surface area contributed by atoms with E-state index < -0.39 is 0 Å². The predicted octanol–water partition coefficient (Wildman–Crippen LogP) is 5.88. The Morgan fingerprint density at radius 2 is 1.62 bits per heavy atom. The van der Waals surface area contributed by atoms with Crippen molar-refractivity contribution in [3.05, 3.63) is 64.7 Å². The number of unbranched alkanes of at least 4 members (excludes halogenated alkanes) is 2. The first kappa shape index (κ1) is 20.5. The summed E-state index contributed by atoms with van der Waals surface area (Å²) in [5, 5.41) is 0. The van der Waals surface area contributed by atoms with Crippen molar-refractivity contribution in [1.29, 1.82) is 0 Å². The van der Waals surface area contributed by atoms with Gasteiger partial charge in [-0.1, -0.05) is 68.7 Å². The lowest BCUT2D eigenvalue weighted by Crippen LogP contribution is -2.11. The Morgan fingerprint density at radius 1 is 1.00 bits per heavy atom. The molecule has 0 aromatic heterocycles. The third-order valence-corrected chi connectivity index (χ3v) is 4.26. The third kappa shape index (κ3) is 5.85. The van der Waals surface area contributed by atoms with Crippen molar-refractivity contribution in [3.8, 4) is 5.75 Å². The van der Waals surface area contributed by atoms with Gasteiger partial charge in [-0.15, -0.1) is 12.4 Å². The molecular weight excluding hydrogens is 318 g/mol. The Balaban J connectivity index is 0.00000288. The molecule has 0 unspecified atom stereocenters. The fourth-order valence-corrected chi connectivity index (χ4v) is 2.94. The van der Waals surface area contributed by atoms with E-state index in [4.69, 9.17) is 10.5 Å². The normalized spacial score (nSPS) is 11.7. The van der Waals surface area contributed by atoms with Crippen LogP contribution in [0.1, 0.15) is 60.9 Å². The summed E-state index contributed by atoms with van der Waals surface area (Å²) in [5.74, 6) is 0.985. The lowest BCUT2D eigenvalue weighted by Gasteiger charge is -2.17. The van der Waals surface area contributed by atoms with Crippen LogP contribution < -0.4 is 10.5 Å². The molecule has 0 radical (unpaired) electrons. The van der Waals surface area contributed by atoms with E-state index in [0.29, 0.717) is 6.61 Å². The molecule has 0 aliphatic rings. The van der Waals surface area contributed by atoms with Gasteiger partial charge >= 0.3 is 0 Å². The molecule has 0 saturated heterocycles. The second kappa shape index (κ2) is 10.4. The summed E-state index contributed by atoms with van der Waals surface area (Å²) in [6, 6.07) is 14.8. The van der Waals surface area contributed by atoms with Gasteiger partial charge in [0.1, 0.15) is 12.4 Å². The van der Waals surface area contributed by atoms with Gasteiger partial charge < -0.3 is 10.5 Å². The standard InChI is InChI=1S/C21H29NO.ClH/c1-4-5-7-12-20(22)19-13-16(2)21(17(3)14-19)23-15-18-10-8-6-9-11-18;/h6,8-11,13-14,20H,4-5,7,12,15,22H2,1-3H3;1H/t20-;/m0./s1. The zero-order chi connectivity index (χ0) is 16.7. The van der Waals surface area contributed by atoms with E-state index in [1.807, 2.05) is 18.2 Å². The number of hydrogen-bond donors (Lipinski definition) is 1. The fraction of sp³-hybridized carbons (Fsp3) is 0.429. The molecule has 0 spiro atoms. The maximum Gasteiger partial charge on any atom is 0.125 e. The van der Waals surface area contributed by atoms with Crippen LogP contribution in [0.4, 0.5) is 0 Å². The van der Waals surface area contributed by atoms with Crippen LogP contribution in [0.25, 0.3) is 0 Å². The smallest absolute Gasteiger partial charge is 0.125 e. The van der Waals surface area contributed by atoms with Gasteiger partial charge in [-0.3, -0.25) is 0 Å². The number of hydrogen-bond acceptors (Lipinski definition) is 2. The Hall–Kier alpha value is -1.51. The molecule has 2 rings (SSSR count). The van der Waals surface area contributed by atoms with Crippen LogP contribution in [0.15, 0.2) is 42.5 Å². The quantitative estimate of drug-likeness (QED) is 0.605. The predicted molar refractivity (Wildman–Crippen MR) is 105 cm³/mol. The molecular formula is C21H30ClNO. The minimum atomic E-state index is 0. The van der Waals surface area contributed by atoms with Crippen LogP contribution in [0.5, 0.6) is 5.75 Å². The number of halogens is 1. The summed E-state index contributed by atoms with van der Waals surface area (Å²) in [5.41, 5.74) is 11.1. The SMILES string of the molecule is CCCCC[C@H](N)c1cc(C)c(OCc2ccccc2)c(C)c1.Cl. The lowest BCUT2D eigenvalue weighted by molar-refractivity contribution is 0.302. The molecule has 0 aliphatic carbocycles. The molecule has 0 aliphatic heterocycles. The van der Waals surface area contributed by atoms with Crippen LogP contribution in [0.3, 0.4) is 0 Å². The second-order valence-electron chi connectivity index (χ2n) is 6.36. The van der Waals surface area contributed by atoms with Gasteiger partial charge in [0.05, 0.1) is 0 Å². The van der Waals surface area contributed by atoms with Crippen molar-refractivity contribution in [2.24, 2.45) is 5.73 Å². The Bertz CT molecular complexity index is 589. The number of ether oxygens (including phenoxy) is 1. The summed E-state index contributed by atoms with van der Waals surface area (Å²) >= 11 is 0. The Labute approximate surface area is 152 Å². The zero-order valence-electron chi connectivity index (χ0n) is 15.0. The summed E-state index contributed by atoms with van der Waals surface area (Å²) in [4.78, 5) is 0. The van der Waals surface area contributed by atoms with E-state index in [1.54, 1.807) is 0 Å². The third-order valence-electron chi connectivity index (χ3n) is 4.26. The van der Waals surface area contributed by atoms with Crippen molar-refractivity contribution < 1.29 is 4.74 Å². The molecule has 0 amide bonds. The van der Waals surface area contributed by atoms with Crippen molar-refractivity contribution in [2.45, 2.75) is 59.1 Å². The molecule has 2 aromatic carbocycles. The van der Waals surface area contributed by atoms with E-state index in [1.165, 1.54) is 41.5 Å². The monoisotopic (exact) mass is 347 g/mol. The zero-order valence-corrected chi connectivity index (χ0v) is 15.9. The van der Waals surface area contributed by atoms with Crippen molar-refractivity contribution >= 4 is 12.4 Å². The van der Waals surface area contributed by atoms with E-state index in [0.717, 1.165) is 12.2 Å². The van der Waals surface area contributed by atoms with Crippen LogP contribution in [-0.2, 0) is 6.61 Å². The molecule has 1 atom stereocenters. The highest BCUT2D eigenvalue weighted by Gasteiger charge is 2.11. The van der Waals surface area contributed by atoms with Gasteiger partial charge in [-0.05, 0) is 42.5 Å². The summed E-state index contributed by atoms with van der Waals surface area (Å²) < 4.78 is 6.05. The first-order valence-electron chi connectivity index (χ1n) is 8.65. The number of nitrogens with two attached hydrogens (primary N) is 1. The van der Waals surface area contributed by atoms with Crippen LogP contribution in [-0.4, -0.2) is 0 Å². The van der Waals surface area contributed by atoms with Crippen LogP contribution >= 0.6 is 12.4 Å². The topological polar surface area (TPSA) is 35.2 Å². The fourth-order valence-electron chi connectivity index (χ4n) is 2.94. The van der Waals surface area contributed by atoms with Crippen LogP contribution in [0.2, 0.25) is 0 Å². The van der Waals surface area contributed by atoms with Crippen molar-refractivity contribution in [1.82, 2.24) is 0 Å². The Morgan fingerprint density at radius 3 is 2.21 bits per heavy atom. The van der Waals surface area contributed by atoms with Gasteiger partial charge in [0.15, 0.2) is 0 Å².